The van der Waals surface area contributed by atoms with Crippen molar-refractivity contribution in [3.63, 3.8) is 0 Å². The molecule has 0 aliphatic carbocycles. The molecule has 1 aromatic heterocycles. The van der Waals surface area contributed by atoms with Crippen molar-refractivity contribution in [1.29, 1.82) is 10.5 Å². The molecule has 1 heterocycles. The minimum atomic E-state index is 0.0334. The molecule has 4 heteroatoms. The molecule has 0 fully saturated rings. The van der Waals surface area contributed by atoms with Gasteiger partial charge in [-0.1, -0.05) is 80.9 Å². The van der Waals surface area contributed by atoms with E-state index in [9.17, 15) is 10.5 Å². The number of rotatable bonds is 3. The summed E-state index contributed by atoms with van der Waals surface area (Å²) < 4.78 is 0. The number of hydrogen-bond donors (Lipinski definition) is 0. The number of aryl methyl sites for hydroxylation is 1. The Morgan fingerprint density at radius 3 is 1.93 bits per heavy atom. The molecule has 0 spiro atoms. The molecule has 0 aliphatic heterocycles. The minimum absolute atomic E-state index is 0.0334. The summed E-state index contributed by atoms with van der Waals surface area (Å²) in [6.45, 7) is 8.52. The van der Waals surface area contributed by atoms with E-state index in [1.165, 1.54) is 11.1 Å². The summed E-state index contributed by atoms with van der Waals surface area (Å²) in [4.78, 5) is 8.86. The Kier molecular flexibility index (Phi) is 5.57. The van der Waals surface area contributed by atoms with Crippen LogP contribution in [-0.4, -0.2) is 9.97 Å². The Bertz CT molecular complexity index is 1130. The van der Waals surface area contributed by atoms with Crippen LogP contribution in [0.25, 0.3) is 23.4 Å². The SMILES string of the molecule is Cc1ccc(/C=C/c2nc(C#N)c(C#N)nc2-c2ccc(C(C)(C)C)cc2)cc1. The van der Waals surface area contributed by atoms with E-state index in [4.69, 9.17) is 0 Å². The second kappa shape index (κ2) is 8.09. The molecular weight excluding hydrogens is 356 g/mol. The standard InChI is InChI=1S/C25H22N4/c1-17-5-7-18(8-6-17)9-14-21-24(29-23(16-27)22(15-26)28-21)19-10-12-20(13-11-19)25(2,3)4/h5-14H,1-4H3/b14-9+. The van der Waals surface area contributed by atoms with Crippen LogP contribution >= 0.6 is 0 Å². The maximum atomic E-state index is 9.37. The first-order valence-electron chi connectivity index (χ1n) is 9.40. The summed E-state index contributed by atoms with van der Waals surface area (Å²) in [7, 11) is 0. The Labute approximate surface area is 171 Å². The predicted octanol–water partition coefficient (Wildman–Crippen LogP) is 5.66. The fourth-order valence-corrected chi connectivity index (χ4v) is 2.91. The zero-order chi connectivity index (χ0) is 21.0. The molecule has 0 radical (unpaired) electrons. The van der Waals surface area contributed by atoms with Crippen molar-refractivity contribution in [3.8, 4) is 23.4 Å². The average molecular weight is 378 g/mol. The monoisotopic (exact) mass is 378 g/mol. The summed E-state index contributed by atoms with van der Waals surface area (Å²) in [5.41, 5.74) is 5.53. The van der Waals surface area contributed by atoms with Crippen molar-refractivity contribution >= 4 is 12.2 Å². The maximum absolute atomic E-state index is 9.37. The minimum Gasteiger partial charge on any atom is -0.232 e. The topological polar surface area (TPSA) is 73.4 Å². The summed E-state index contributed by atoms with van der Waals surface area (Å²) >= 11 is 0. The molecule has 4 nitrogen and oxygen atoms in total. The highest BCUT2D eigenvalue weighted by Gasteiger charge is 2.16. The second-order valence-corrected chi connectivity index (χ2v) is 7.95. The van der Waals surface area contributed by atoms with Crippen LogP contribution in [0.4, 0.5) is 0 Å². The van der Waals surface area contributed by atoms with Crippen LogP contribution in [0.1, 0.15) is 54.5 Å². The van der Waals surface area contributed by atoms with E-state index >= 15 is 0 Å². The maximum Gasteiger partial charge on any atom is 0.177 e. The van der Waals surface area contributed by atoms with Crippen molar-refractivity contribution in [1.82, 2.24) is 9.97 Å². The van der Waals surface area contributed by atoms with E-state index in [-0.39, 0.29) is 16.8 Å². The van der Waals surface area contributed by atoms with Crippen LogP contribution < -0.4 is 0 Å². The molecule has 3 aromatic rings. The molecule has 2 aromatic carbocycles. The van der Waals surface area contributed by atoms with E-state index in [1.54, 1.807) is 0 Å². The Balaban J connectivity index is 2.11. The normalized spacial score (nSPS) is 11.2. The molecule has 142 valence electrons. The summed E-state index contributed by atoms with van der Waals surface area (Å²) in [6.07, 6.45) is 3.77. The highest BCUT2D eigenvalue weighted by Crippen LogP contribution is 2.28. The lowest BCUT2D eigenvalue weighted by Crippen LogP contribution is -2.10. The molecule has 0 unspecified atom stereocenters. The first-order chi connectivity index (χ1) is 13.8. The van der Waals surface area contributed by atoms with Gasteiger partial charge in [-0.05, 0) is 29.5 Å². The molecule has 0 N–H and O–H groups in total. The van der Waals surface area contributed by atoms with Crippen molar-refractivity contribution in [3.05, 3.63) is 82.3 Å². The molecule has 0 saturated heterocycles. The molecule has 0 atom stereocenters. The Morgan fingerprint density at radius 1 is 0.793 bits per heavy atom. The number of nitriles is 2. The first kappa shape index (κ1) is 20.0. The van der Waals surface area contributed by atoms with Gasteiger partial charge in [0.2, 0.25) is 0 Å². The van der Waals surface area contributed by atoms with Crippen LogP contribution in [0.2, 0.25) is 0 Å². The fourth-order valence-electron chi connectivity index (χ4n) is 2.91. The third kappa shape index (κ3) is 4.57. The van der Waals surface area contributed by atoms with Crippen LogP contribution in [0, 0.1) is 29.6 Å². The molecule has 3 rings (SSSR count). The Hall–Kier alpha value is -3.76. The third-order valence-corrected chi connectivity index (χ3v) is 4.67. The van der Waals surface area contributed by atoms with Crippen LogP contribution in [-0.2, 0) is 5.41 Å². The van der Waals surface area contributed by atoms with E-state index < -0.39 is 0 Å². The van der Waals surface area contributed by atoms with Crippen molar-refractivity contribution in [2.75, 3.05) is 0 Å². The summed E-state index contributed by atoms with van der Waals surface area (Å²) in [5.74, 6) is 0. The van der Waals surface area contributed by atoms with E-state index in [2.05, 4.69) is 42.9 Å². The summed E-state index contributed by atoms with van der Waals surface area (Å²) in [6, 6.07) is 20.2. The van der Waals surface area contributed by atoms with Gasteiger partial charge in [-0.2, -0.15) is 10.5 Å². The van der Waals surface area contributed by atoms with Gasteiger partial charge in [0.15, 0.2) is 11.4 Å². The van der Waals surface area contributed by atoms with Gasteiger partial charge < -0.3 is 0 Å². The third-order valence-electron chi connectivity index (χ3n) is 4.67. The zero-order valence-electron chi connectivity index (χ0n) is 17.1. The lowest BCUT2D eigenvalue weighted by molar-refractivity contribution is 0.590. The van der Waals surface area contributed by atoms with Gasteiger partial charge in [0.1, 0.15) is 12.1 Å². The van der Waals surface area contributed by atoms with Gasteiger partial charge in [-0.15, -0.1) is 0 Å². The number of hydrogen-bond acceptors (Lipinski definition) is 4. The first-order valence-corrected chi connectivity index (χ1v) is 9.40. The zero-order valence-corrected chi connectivity index (χ0v) is 17.1. The largest absolute Gasteiger partial charge is 0.232 e. The van der Waals surface area contributed by atoms with E-state index in [0.29, 0.717) is 11.4 Å². The van der Waals surface area contributed by atoms with E-state index in [0.717, 1.165) is 11.1 Å². The average Bonchev–Trinajstić information content (AvgIpc) is 2.72. The molecule has 0 aliphatic rings. The van der Waals surface area contributed by atoms with Gasteiger partial charge in [-0.3, -0.25) is 0 Å². The summed E-state index contributed by atoms with van der Waals surface area (Å²) in [5, 5.41) is 18.7. The molecule has 0 amide bonds. The lowest BCUT2D eigenvalue weighted by Gasteiger charge is -2.19. The molecule has 29 heavy (non-hydrogen) atoms. The molecule has 0 bridgehead atoms. The van der Waals surface area contributed by atoms with Crippen molar-refractivity contribution in [2.24, 2.45) is 0 Å². The smallest absolute Gasteiger partial charge is 0.177 e. The van der Waals surface area contributed by atoms with Gasteiger partial charge in [0.05, 0.1) is 11.4 Å². The number of aromatic nitrogens is 2. The van der Waals surface area contributed by atoms with Gasteiger partial charge in [-0.25, -0.2) is 9.97 Å². The van der Waals surface area contributed by atoms with Gasteiger partial charge in [0, 0.05) is 5.56 Å². The molecular formula is C25H22N4. The number of nitrogens with zero attached hydrogens (tertiary/aromatic N) is 4. The van der Waals surface area contributed by atoms with Crippen LogP contribution in [0.15, 0.2) is 48.5 Å². The highest BCUT2D eigenvalue weighted by atomic mass is 14.8. The second-order valence-electron chi connectivity index (χ2n) is 7.95. The van der Waals surface area contributed by atoms with Gasteiger partial charge >= 0.3 is 0 Å². The van der Waals surface area contributed by atoms with Crippen LogP contribution in [0.5, 0.6) is 0 Å². The van der Waals surface area contributed by atoms with Crippen molar-refractivity contribution in [2.45, 2.75) is 33.1 Å². The van der Waals surface area contributed by atoms with Crippen LogP contribution in [0.3, 0.4) is 0 Å². The predicted molar refractivity (Wildman–Crippen MR) is 116 cm³/mol. The molecule has 0 saturated carbocycles. The lowest BCUT2D eigenvalue weighted by atomic mass is 9.86. The Morgan fingerprint density at radius 2 is 1.38 bits per heavy atom. The quantitative estimate of drug-likeness (QED) is 0.589. The van der Waals surface area contributed by atoms with E-state index in [1.807, 2.05) is 67.6 Å². The fraction of sp³-hybridized carbons (Fsp3) is 0.200. The van der Waals surface area contributed by atoms with Gasteiger partial charge in [0.25, 0.3) is 0 Å². The van der Waals surface area contributed by atoms with Crippen molar-refractivity contribution < 1.29 is 0 Å². The number of benzene rings is 2. The highest BCUT2D eigenvalue weighted by molar-refractivity contribution is 5.77.